The summed E-state index contributed by atoms with van der Waals surface area (Å²) in [5.41, 5.74) is 0. The highest BCUT2D eigenvalue weighted by atomic mass is 16.8. The fraction of sp³-hybridized carbons (Fsp3) is 0.909. The van der Waals surface area contributed by atoms with E-state index in [-0.39, 0.29) is 18.9 Å². The lowest BCUT2D eigenvalue weighted by molar-refractivity contribution is -0.379. The van der Waals surface area contributed by atoms with Crippen LogP contribution in [0.1, 0.15) is 187 Å². The number of unbranched alkanes of at least 4 members (excludes halogenated alkanes) is 21. The molecule has 19 nitrogen and oxygen atoms in total. The molecular formula is C55H101NO18. The summed E-state index contributed by atoms with van der Waals surface area (Å²) in [6, 6.07) is -0.888. The molecule has 12 N–H and O–H groups in total. The number of rotatable bonds is 41. The molecule has 0 aliphatic carbocycles. The van der Waals surface area contributed by atoms with Crippen molar-refractivity contribution >= 4 is 5.91 Å². The van der Waals surface area contributed by atoms with Crippen molar-refractivity contribution in [3.8, 4) is 0 Å². The first-order valence-electron chi connectivity index (χ1n) is 28.6. The quantitative estimate of drug-likeness (QED) is 0.0304. The number of carbonyl (C=O) groups is 1. The highest BCUT2D eigenvalue weighted by Gasteiger charge is 2.53. The SMILES string of the molecule is CCCCC/C=C\C/C=C\CCCCCCCCCC(=O)NC(COC1OC(CO)C(OC2OC(CO)C(OC3OC(CO)C(O)C(O)C3O)C(O)C2O)C(O)C1O)C(O)CCCCCCCCCCCCCC. The van der Waals surface area contributed by atoms with Gasteiger partial charge in [0.15, 0.2) is 18.9 Å². The Morgan fingerprint density at radius 3 is 1.41 bits per heavy atom. The number of amides is 1. The van der Waals surface area contributed by atoms with Crippen molar-refractivity contribution in [1.82, 2.24) is 5.32 Å². The average molecular weight is 1060 g/mol. The molecule has 0 spiro atoms. The third-order valence-corrected chi connectivity index (χ3v) is 14.5. The monoisotopic (exact) mass is 1060 g/mol. The molecule has 17 atom stereocenters. The number of aliphatic hydroxyl groups excluding tert-OH is 11. The highest BCUT2D eigenvalue weighted by molar-refractivity contribution is 5.76. The smallest absolute Gasteiger partial charge is 0.220 e. The van der Waals surface area contributed by atoms with Crippen LogP contribution in [0.3, 0.4) is 0 Å². The lowest BCUT2D eigenvalue weighted by Gasteiger charge is -2.48. The standard InChI is InChI=1S/C55H101NO18/c1-3-5-7-9-11-13-15-17-18-19-20-21-23-25-27-29-31-33-43(61)56-38(39(60)32-30-28-26-24-22-16-14-12-10-8-6-4-2)37-69-53-49(67)46(64)51(41(35-58)71-53)74-55-50(68)47(65)52(42(36-59)72-55)73-54-48(66)45(63)44(62)40(34-57)70-54/h11,13,17-18,38-42,44-55,57-60,62-68H,3-10,12,14-16,19-37H2,1-2H3,(H,56,61)/b13-11-,18-17-. The molecule has 3 aliphatic heterocycles. The zero-order valence-electron chi connectivity index (χ0n) is 44.8. The Morgan fingerprint density at radius 1 is 0.486 bits per heavy atom. The van der Waals surface area contributed by atoms with Crippen LogP contribution >= 0.6 is 0 Å². The van der Waals surface area contributed by atoms with Gasteiger partial charge in [-0.3, -0.25) is 4.79 Å². The summed E-state index contributed by atoms with van der Waals surface area (Å²) in [6.45, 7) is 1.73. The minimum Gasteiger partial charge on any atom is -0.394 e. The molecule has 74 heavy (non-hydrogen) atoms. The van der Waals surface area contributed by atoms with Crippen molar-refractivity contribution < 1.29 is 89.4 Å². The molecule has 0 aromatic rings. The summed E-state index contributed by atoms with van der Waals surface area (Å²) >= 11 is 0. The molecule has 0 radical (unpaired) electrons. The van der Waals surface area contributed by atoms with Gasteiger partial charge < -0.3 is 89.9 Å². The van der Waals surface area contributed by atoms with E-state index in [1.54, 1.807) is 0 Å². The van der Waals surface area contributed by atoms with Crippen LogP contribution in [-0.4, -0.2) is 193 Å². The molecule has 3 fully saturated rings. The molecular weight excluding hydrogens is 963 g/mol. The molecule has 3 heterocycles. The number of ether oxygens (including phenoxy) is 6. The average Bonchev–Trinajstić information content (AvgIpc) is 3.40. The highest BCUT2D eigenvalue weighted by Crippen LogP contribution is 2.33. The van der Waals surface area contributed by atoms with E-state index in [9.17, 15) is 61.0 Å². The third-order valence-electron chi connectivity index (χ3n) is 14.5. The minimum absolute atomic E-state index is 0.253. The second-order valence-corrected chi connectivity index (χ2v) is 20.8. The van der Waals surface area contributed by atoms with Gasteiger partial charge in [0.1, 0.15) is 73.2 Å². The Hall–Kier alpha value is -1.73. The lowest BCUT2D eigenvalue weighted by Crippen LogP contribution is -2.66. The molecule has 434 valence electrons. The number of hydrogen-bond acceptors (Lipinski definition) is 18. The normalized spacial score (nSPS) is 31.6. The number of hydrogen-bond donors (Lipinski definition) is 12. The predicted molar refractivity (Wildman–Crippen MR) is 277 cm³/mol. The molecule has 0 aromatic heterocycles. The molecule has 3 saturated heterocycles. The number of aliphatic hydroxyl groups is 11. The summed E-state index contributed by atoms with van der Waals surface area (Å²) in [7, 11) is 0. The number of allylic oxidation sites excluding steroid dienone is 4. The topological polar surface area (TPSA) is 307 Å². The summed E-state index contributed by atoms with van der Waals surface area (Å²) in [6.07, 6.45) is 11.2. The van der Waals surface area contributed by atoms with Crippen molar-refractivity contribution in [2.75, 3.05) is 26.4 Å². The van der Waals surface area contributed by atoms with Gasteiger partial charge in [0.05, 0.1) is 38.6 Å². The van der Waals surface area contributed by atoms with E-state index < -0.39 is 124 Å². The fourth-order valence-corrected chi connectivity index (χ4v) is 9.75. The molecule has 0 aromatic carbocycles. The molecule has 0 saturated carbocycles. The zero-order valence-corrected chi connectivity index (χ0v) is 44.8. The minimum atomic E-state index is -1.97. The van der Waals surface area contributed by atoms with E-state index in [4.69, 9.17) is 28.4 Å². The third kappa shape index (κ3) is 24.1. The Bertz CT molecular complexity index is 1460. The molecule has 1 amide bonds. The van der Waals surface area contributed by atoms with Crippen LogP contribution in [0.5, 0.6) is 0 Å². The van der Waals surface area contributed by atoms with Crippen molar-refractivity contribution in [3.05, 3.63) is 24.3 Å². The van der Waals surface area contributed by atoms with Crippen LogP contribution < -0.4 is 5.32 Å². The van der Waals surface area contributed by atoms with Gasteiger partial charge in [0.25, 0.3) is 0 Å². The Morgan fingerprint density at radius 2 is 0.892 bits per heavy atom. The predicted octanol–water partition coefficient (Wildman–Crippen LogP) is 3.98. The second kappa shape index (κ2) is 39.6. The Kier molecular flexibility index (Phi) is 35.6. The summed E-state index contributed by atoms with van der Waals surface area (Å²) in [4.78, 5) is 13.3. The van der Waals surface area contributed by atoms with Gasteiger partial charge in [-0.15, -0.1) is 0 Å². The lowest BCUT2D eigenvalue weighted by atomic mass is 9.96. The van der Waals surface area contributed by atoms with Crippen LogP contribution in [0.2, 0.25) is 0 Å². The van der Waals surface area contributed by atoms with Crippen molar-refractivity contribution in [1.29, 1.82) is 0 Å². The van der Waals surface area contributed by atoms with Gasteiger partial charge in [-0.1, -0.05) is 160 Å². The summed E-state index contributed by atoms with van der Waals surface area (Å²) in [5.74, 6) is -0.253. The molecule has 17 unspecified atom stereocenters. The van der Waals surface area contributed by atoms with Gasteiger partial charge >= 0.3 is 0 Å². The van der Waals surface area contributed by atoms with Crippen molar-refractivity contribution in [3.63, 3.8) is 0 Å². The number of nitrogens with one attached hydrogen (secondary N) is 1. The Balaban J connectivity index is 1.51. The molecule has 3 rings (SSSR count). The number of carbonyl (C=O) groups excluding carboxylic acids is 1. The van der Waals surface area contributed by atoms with Gasteiger partial charge in [-0.2, -0.15) is 0 Å². The molecule has 0 bridgehead atoms. The largest absolute Gasteiger partial charge is 0.394 e. The summed E-state index contributed by atoms with van der Waals surface area (Å²) in [5, 5.41) is 120. The summed E-state index contributed by atoms with van der Waals surface area (Å²) < 4.78 is 34.2. The second-order valence-electron chi connectivity index (χ2n) is 20.8. The van der Waals surface area contributed by atoms with E-state index >= 15 is 0 Å². The van der Waals surface area contributed by atoms with Gasteiger partial charge in [-0.05, 0) is 44.9 Å². The van der Waals surface area contributed by atoms with E-state index in [1.165, 1.54) is 77.0 Å². The first-order chi connectivity index (χ1) is 35.8. The van der Waals surface area contributed by atoms with E-state index in [0.717, 1.165) is 77.0 Å². The van der Waals surface area contributed by atoms with Crippen LogP contribution in [0.15, 0.2) is 24.3 Å². The first kappa shape index (κ1) is 66.5. The zero-order chi connectivity index (χ0) is 54.1. The first-order valence-corrected chi connectivity index (χ1v) is 28.6. The molecule has 3 aliphatic rings. The van der Waals surface area contributed by atoms with Crippen molar-refractivity contribution in [2.24, 2.45) is 0 Å². The van der Waals surface area contributed by atoms with E-state index in [0.29, 0.717) is 12.8 Å². The van der Waals surface area contributed by atoms with Gasteiger partial charge in [0.2, 0.25) is 5.91 Å². The van der Waals surface area contributed by atoms with Gasteiger partial charge in [0, 0.05) is 6.42 Å². The fourth-order valence-electron chi connectivity index (χ4n) is 9.75. The van der Waals surface area contributed by atoms with Crippen LogP contribution in [0, 0.1) is 0 Å². The maximum absolute atomic E-state index is 13.3. The maximum Gasteiger partial charge on any atom is 0.220 e. The molecule has 19 heteroatoms. The van der Waals surface area contributed by atoms with E-state index in [1.807, 2.05) is 0 Å². The Labute approximate surface area is 441 Å². The van der Waals surface area contributed by atoms with Crippen molar-refractivity contribution in [2.45, 2.75) is 291 Å². The maximum atomic E-state index is 13.3. The van der Waals surface area contributed by atoms with E-state index in [2.05, 4.69) is 43.5 Å². The van der Waals surface area contributed by atoms with Gasteiger partial charge in [-0.25, -0.2) is 0 Å². The van der Waals surface area contributed by atoms with Crippen LogP contribution in [0.25, 0.3) is 0 Å². The van der Waals surface area contributed by atoms with Crippen LogP contribution in [0.4, 0.5) is 0 Å². The van der Waals surface area contributed by atoms with Crippen LogP contribution in [-0.2, 0) is 33.2 Å².